The fourth-order valence-electron chi connectivity index (χ4n) is 3.27. The van der Waals surface area contributed by atoms with Gasteiger partial charge in [-0.3, -0.25) is 4.79 Å². The van der Waals surface area contributed by atoms with E-state index in [1.165, 1.54) is 16.2 Å². The first-order valence-electron chi connectivity index (χ1n) is 8.74. The van der Waals surface area contributed by atoms with Crippen molar-refractivity contribution in [3.8, 4) is 5.75 Å². The maximum atomic E-state index is 12.3. The van der Waals surface area contributed by atoms with Crippen LogP contribution in [0.1, 0.15) is 5.56 Å². The first kappa shape index (κ1) is 17.3. The van der Waals surface area contributed by atoms with E-state index in [1.54, 1.807) is 7.11 Å². The number of para-hydroxylation sites is 1. The third-order valence-electron chi connectivity index (χ3n) is 4.71. The number of nitrogens with one attached hydrogen (secondary N) is 2. The summed E-state index contributed by atoms with van der Waals surface area (Å²) in [5, 5.41) is 2.96. The van der Waals surface area contributed by atoms with Crippen molar-refractivity contribution >= 4 is 17.3 Å². The predicted molar refractivity (Wildman–Crippen MR) is 101 cm³/mol. The number of piperazine rings is 1. The fraction of sp³-hybridized carbons (Fsp3) is 0.350. The van der Waals surface area contributed by atoms with Gasteiger partial charge in [0.1, 0.15) is 5.75 Å². The summed E-state index contributed by atoms with van der Waals surface area (Å²) in [7, 11) is 1.63. The molecule has 0 unspecified atom stereocenters. The summed E-state index contributed by atoms with van der Waals surface area (Å²) < 4.78 is 5.13. The van der Waals surface area contributed by atoms with E-state index in [4.69, 9.17) is 4.74 Å². The number of benzene rings is 2. The number of ether oxygens (including phenoxy) is 1. The number of nitrogens with zero attached hydrogens (tertiary/aromatic N) is 1. The van der Waals surface area contributed by atoms with Gasteiger partial charge in [0.25, 0.3) is 5.91 Å². The Morgan fingerprint density at radius 2 is 1.80 bits per heavy atom. The van der Waals surface area contributed by atoms with Gasteiger partial charge in [0, 0.05) is 11.4 Å². The van der Waals surface area contributed by atoms with Crippen molar-refractivity contribution in [2.75, 3.05) is 50.1 Å². The Morgan fingerprint density at radius 1 is 1.12 bits per heavy atom. The predicted octanol–water partition coefficient (Wildman–Crippen LogP) is 1.35. The van der Waals surface area contributed by atoms with Gasteiger partial charge in [0.2, 0.25) is 0 Å². The Labute approximate surface area is 149 Å². The minimum Gasteiger partial charge on any atom is -0.497 e. The summed E-state index contributed by atoms with van der Waals surface area (Å²) in [4.78, 5) is 16.0. The molecule has 0 atom stereocenters. The van der Waals surface area contributed by atoms with E-state index in [9.17, 15) is 4.79 Å². The molecule has 1 amide bonds. The summed E-state index contributed by atoms with van der Waals surface area (Å²) in [5.41, 5.74) is 3.43. The van der Waals surface area contributed by atoms with Crippen molar-refractivity contribution in [3.63, 3.8) is 0 Å². The molecule has 0 aromatic heterocycles. The van der Waals surface area contributed by atoms with Gasteiger partial charge in [0.15, 0.2) is 6.54 Å². The summed E-state index contributed by atoms with van der Waals surface area (Å²) in [6, 6.07) is 15.9. The molecule has 0 radical (unpaired) electrons. The monoisotopic (exact) mass is 340 g/mol. The van der Waals surface area contributed by atoms with Crippen LogP contribution in [0.5, 0.6) is 5.75 Å². The van der Waals surface area contributed by atoms with Crippen LogP contribution >= 0.6 is 0 Å². The molecule has 0 aliphatic carbocycles. The highest BCUT2D eigenvalue weighted by molar-refractivity contribution is 5.91. The van der Waals surface area contributed by atoms with Crippen LogP contribution in [0.15, 0.2) is 48.5 Å². The van der Waals surface area contributed by atoms with Crippen molar-refractivity contribution in [1.82, 2.24) is 0 Å². The van der Waals surface area contributed by atoms with E-state index in [2.05, 4.69) is 41.4 Å². The van der Waals surface area contributed by atoms with Crippen LogP contribution in [-0.2, 0) is 4.79 Å². The summed E-state index contributed by atoms with van der Waals surface area (Å²) in [6.45, 7) is 6.57. The molecule has 0 saturated carbocycles. The lowest BCUT2D eigenvalue weighted by molar-refractivity contribution is -0.892. The van der Waals surface area contributed by atoms with Crippen molar-refractivity contribution < 1.29 is 14.4 Å². The Kier molecular flexibility index (Phi) is 5.56. The van der Waals surface area contributed by atoms with Crippen LogP contribution < -0.4 is 19.9 Å². The molecule has 1 aliphatic rings. The van der Waals surface area contributed by atoms with Crippen LogP contribution in [0.3, 0.4) is 0 Å². The van der Waals surface area contributed by atoms with Gasteiger partial charge in [-0.15, -0.1) is 0 Å². The van der Waals surface area contributed by atoms with Gasteiger partial charge >= 0.3 is 0 Å². The van der Waals surface area contributed by atoms with Crippen LogP contribution in [0.4, 0.5) is 11.4 Å². The lowest BCUT2D eigenvalue weighted by Crippen LogP contribution is -3.15. The molecule has 2 aromatic carbocycles. The van der Waals surface area contributed by atoms with Crippen LogP contribution in [0, 0.1) is 6.92 Å². The summed E-state index contributed by atoms with van der Waals surface area (Å²) in [5.74, 6) is 0.848. The number of carbonyl (C=O) groups excluding carboxylic acids is 1. The van der Waals surface area contributed by atoms with Gasteiger partial charge in [-0.05, 0) is 42.8 Å². The molecule has 5 heteroatoms. The Hall–Kier alpha value is -2.53. The molecule has 25 heavy (non-hydrogen) atoms. The second-order valence-corrected chi connectivity index (χ2v) is 6.48. The molecular weight excluding hydrogens is 314 g/mol. The highest BCUT2D eigenvalue weighted by atomic mass is 16.5. The highest BCUT2D eigenvalue weighted by Crippen LogP contribution is 2.19. The number of anilines is 2. The lowest BCUT2D eigenvalue weighted by atomic mass is 10.1. The molecule has 3 rings (SSSR count). The summed E-state index contributed by atoms with van der Waals surface area (Å²) in [6.07, 6.45) is 0. The minimum absolute atomic E-state index is 0.0597. The topological polar surface area (TPSA) is 46.0 Å². The van der Waals surface area contributed by atoms with Crippen LogP contribution in [0.2, 0.25) is 0 Å². The zero-order valence-electron chi connectivity index (χ0n) is 14.9. The highest BCUT2D eigenvalue weighted by Gasteiger charge is 2.23. The van der Waals surface area contributed by atoms with Crippen LogP contribution in [-0.4, -0.2) is 45.7 Å². The number of amides is 1. The molecule has 2 N–H and O–H groups in total. The smallest absolute Gasteiger partial charge is 0.279 e. The Bertz CT molecular complexity index is 707. The van der Waals surface area contributed by atoms with Crippen LogP contribution in [0.25, 0.3) is 0 Å². The third-order valence-corrected chi connectivity index (χ3v) is 4.71. The van der Waals surface area contributed by atoms with E-state index in [0.717, 1.165) is 37.6 Å². The Morgan fingerprint density at radius 3 is 2.44 bits per heavy atom. The number of aryl methyl sites for hydroxylation is 1. The molecule has 1 saturated heterocycles. The van der Waals surface area contributed by atoms with E-state index in [0.29, 0.717) is 6.54 Å². The molecular formula is C20H26N3O2+. The largest absolute Gasteiger partial charge is 0.497 e. The average molecular weight is 340 g/mol. The zero-order chi connectivity index (χ0) is 17.6. The first-order chi connectivity index (χ1) is 12.2. The maximum absolute atomic E-state index is 12.3. The van der Waals surface area contributed by atoms with E-state index >= 15 is 0 Å². The second kappa shape index (κ2) is 8.03. The van der Waals surface area contributed by atoms with Gasteiger partial charge in [0.05, 0.1) is 33.3 Å². The fourth-order valence-corrected chi connectivity index (χ4v) is 3.27. The van der Waals surface area contributed by atoms with E-state index in [1.807, 2.05) is 24.3 Å². The molecule has 0 bridgehead atoms. The molecule has 2 aromatic rings. The molecule has 1 fully saturated rings. The number of quaternary nitrogens is 1. The Balaban J connectivity index is 1.48. The SMILES string of the molecule is COc1ccc(NC(=O)C[NH+]2CCN(c3ccccc3C)CC2)cc1. The van der Waals surface area contributed by atoms with Crippen molar-refractivity contribution in [2.45, 2.75) is 6.92 Å². The molecule has 1 heterocycles. The van der Waals surface area contributed by atoms with E-state index < -0.39 is 0 Å². The number of hydrogen-bond donors (Lipinski definition) is 2. The van der Waals surface area contributed by atoms with Gasteiger partial charge in [-0.25, -0.2) is 0 Å². The molecule has 0 spiro atoms. The van der Waals surface area contributed by atoms with Gasteiger partial charge in [-0.2, -0.15) is 0 Å². The lowest BCUT2D eigenvalue weighted by Gasteiger charge is -2.34. The van der Waals surface area contributed by atoms with Gasteiger partial charge < -0.3 is 19.9 Å². The first-order valence-corrected chi connectivity index (χ1v) is 8.74. The van der Waals surface area contributed by atoms with Crippen molar-refractivity contribution in [1.29, 1.82) is 0 Å². The normalized spacial score (nSPS) is 15.0. The number of rotatable bonds is 5. The van der Waals surface area contributed by atoms with E-state index in [-0.39, 0.29) is 5.91 Å². The molecule has 1 aliphatic heterocycles. The quantitative estimate of drug-likeness (QED) is 0.864. The van der Waals surface area contributed by atoms with Crippen molar-refractivity contribution in [3.05, 3.63) is 54.1 Å². The average Bonchev–Trinajstić information content (AvgIpc) is 2.63. The second-order valence-electron chi connectivity index (χ2n) is 6.48. The minimum atomic E-state index is 0.0597. The third kappa shape index (κ3) is 4.51. The molecule has 132 valence electrons. The number of carbonyl (C=O) groups is 1. The molecule has 5 nitrogen and oxygen atoms in total. The van der Waals surface area contributed by atoms with Crippen molar-refractivity contribution in [2.24, 2.45) is 0 Å². The maximum Gasteiger partial charge on any atom is 0.279 e. The number of methoxy groups -OCH3 is 1. The summed E-state index contributed by atoms with van der Waals surface area (Å²) >= 11 is 0. The zero-order valence-corrected chi connectivity index (χ0v) is 14.9. The number of hydrogen-bond acceptors (Lipinski definition) is 3. The standard InChI is InChI=1S/C20H25N3O2/c1-16-5-3-4-6-19(16)23-13-11-22(12-14-23)15-20(24)21-17-7-9-18(25-2)10-8-17/h3-10H,11-15H2,1-2H3,(H,21,24)/p+1. The van der Waals surface area contributed by atoms with Gasteiger partial charge in [-0.1, -0.05) is 18.2 Å².